The van der Waals surface area contributed by atoms with Gasteiger partial charge in [0.2, 0.25) is 0 Å². The number of carbonyl (C=O) groups is 1. The molecule has 0 spiro atoms. The van der Waals surface area contributed by atoms with Crippen molar-refractivity contribution >= 4 is 12.3 Å². The summed E-state index contributed by atoms with van der Waals surface area (Å²) in [6.07, 6.45) is 4.42. The molecule has 14 heavy (non-hydrogen) atoms. The van der Waals surface area contributed by atoms with Crippen LogP contribution in [0.15, 0.2) is 28.5 Å². The zero-order valence-electron chi connectivity index (χ0n) is 7.65. The first-order valence-electron chi connectivity index (χ1n) is 4.05. The van der Waals surface area contributed by atoms with Gasteiger partial charge in [0.25, 0.3) is 0 Å². The van der Waals surface area contributed by atoms with Crippen LogP contribution in [0.3, 0.4) is 0 Å². The molecule has 0 atom stereocenters. The van der Waals surface area contributed by atoms with E-state index in [2.05, 4.69) is 10.3 Å². The van der Waals surface area contributed by atoms with Crippen molar-refractivity contribution in [3.8, 4) is 6.07 Å². The van der Waals surface area contributed by atoms with Crippen LogP contribution in [0.1, 0.15) is 6.92 Å². The van der Waals surface area contributed by atoms with Crippen LogP contribution in [0.5, 0.6) is 0 Å². The molecule has 0 fully saturated rings. The summed E-state index contributed by atoms with van der Waals surface area (Å²) in [6.45, 7) is 1.93. The number of ether oxygens (including phenoxy) is 1. The van der Waals surface area contributed by atoms with Crippen molar-refractivity contribution in [2.45, 2.75) is 6.92 Å². The first kappa shape index (κ1) is 9.99. The van der Waals surface area contributed by atoms with Gasteiger partial charge in [-0.25, -0.2) is 9.79 Å². The van der Waals surface area contributed by atoms with E-state index in [-0.39, 0.29) is 12.2 Å². The zero-order chi connectivity index (χ0) is 10.4. The Balaban J connectivity index is 2.91. The van der Waals surface area contributed by atoms with Crippen molar-refractivity contribution in [2.75, 3.05) is 6.61 Å². The molecule has 0 radical (unpaired) electrons. The molecule has 0 aliphatic carbocycles. The molecule has 1 aliphatic heterocycles. The van der Waals surface area contributed by atoms with Gasteiger partial charge in [0.15, 0.2) is 5.57 Å². The molecule has 5 nitrogen and oxygen atoms in total. The molecule has 1 rings (SSSR count). The Morgan fingerprint density at radius 1 is 1.79 bits per heavy atom. The predicted octanol–water partition coefficient (Wildman–Crippen LogP) is 0.472. The number of allylic oxidation sites excluding steroid dienone is 1. The Kier molecular flexibility index (Phi) is 3.44. The second-order valence-corrected chi connectivity index (χ2v) is 2.36. The van der Waals surface area contributed by atoms with E-state index < -0.39 is 5.97 Å². The summed E-state index contributed by atoms with van der Waals surface area (Å²) < 4.78 is 4.71. The lowest BCUT2D eigenvalue weighted by atomic mass is 10.2. The standard InChI is InChI=1S/C9H9N3O2/c1-2-14-9(13)7(5-10)8-3-4-11-6-12-8/h3-4,6H,2H2,1H3,(H,11,12)/b8-7+. The second-order valence-electron chi connectivity index (χ2n) is 2.36. The van der Waals surface area contributed by atoms with E-state index in [9.17, 15) is 4.79 Å². The van der Waals surface area contributed by atoms with E-state index in [1.165, 1.54) is 18.6 Å². The largest absolute Gasteiger partial charge is 0.462 e. The number of nitriles is 1. The maximum atomic E-state index is 11.3. The van der Waals surface area contributed by atoms with Gasteiger partial charge in [-0.1, -0.05) is 0 Å². The van der Waals surface area contributed by atoms with Crippen molar-refractivity contribution in [1.29, 1.82) is 5.26 Å². The van der Waals surface area contributed by atoms with Crippen LogP contribution in [0.25, 0.3) is 0 Å². The summed E-state index contributed by atoms with van der Waals surface area (Å²) >= 11 is 0. The number of esters is 1. The van der Waals surface area contributed by atoms with Gasteiger partial charge in [0.05, 0.1) is 18.6 Å². The van der Waals surface area contributed by atoms with Crippen LogP contribution in [-0.4, -0.2) is 18.9 Å². The highest BCUT2D eigenvalue weighted by molar-refractivity contribution is 5.94. The van der Waals surface area contributed by atoms with Gasteiger partial charge >= 0.3 is 5.97 Å². The third-order valence-electron chi connectivity index (χ3n) is 1.48. The van der Waals surface area contributed by atoms with Gasteiger partial charge < -0.3 is 10.1 Å². The molecule has 0 bridgehead atoms. The van der Waals surface area contributed by atoms with E-state index in [0.29, 0.717) is 5.70 Å². The molecule has 0 aromatic carbocycles. The fourth-order valence-corrected chi connectivity index (χ4v) is 0.890. The molecule has 0 aromatic heterocycles. The SMILES string of the molecule is CCOC(=O)/C(C#N)=C1\C=CN=CN1. The topological polar surface area (TPSA) is 74.5 Å². The Morgan fingerprint density at radius 2 is 2.57 bits per heavy atom. The van der Waals surface area contributed by atoms with E-state index in [1.54, 1.807) is 13.0 Å². The quantitative estimate of drug-likeness (QED) is 0.391. The lowest BCUT2D eigenvalue weighted by Gasteiger charge is -2.07. The van der Waals surface area contributed by atoms with Crippen LogP contribution in [0, 0.1) is 11.3 Å². The molecule has 0 aromatic rings. The first-order valence-corrected chi connectivity index (χ1v) is 4.05. The molecule has 0 saturated heterocycles. The number of rotatable bonds is 2. The normalized spacial score (nSPS) is 16.9. The number of nitrogens with zero attached hydrogens (tertiary/aromatic N) is 2. The number of aliphatic imine (C=N–C) groups is 1. The summed E-state index contributed by atoms with van der Waals surface area (Å²) in [4.78, 5) is 15.0. The van der Waals surface area contributed by atoms with Crippen LogP contribution in [-0.2, 0) is 9.53 Å². The van der Waals surface area contributed by atoms with E-state index in [4.69, 9.17) is 10.00 Å². The lowest BCUT2D eigenvalue weighted by molar-refractivity contribution is -0.138. The van der Waals surface area contributed by atoms with Crippen molar-refractivity contribution in [3.05, 3.63) is 23.5 Å². The molecule has 1 N–H and O–H groups in total. The molecular formula is C9H9N3O2. The molecule has 5 heteroatoms. The first-order chi connectivity index (χ1) is 6.79. The summed E-state index contributed by atoms with van der Waals surface area (Å²) in [7, 11) is 0. The van der Waals surface area contributed by atoms with E-state index in [0.717, 1.165) is 0 Å². The highest BCUT2D eigenvalue weighted by Gasteiger charge is 2.15. The van der Waals surface area contributed by atoms with Gasteiger partial charge in [-0.05, 0) is 13.0 Å². The minimum Gasteiger partial charge on any atom is -0.462 e. The molecule has 1 aliphatic rings. The number of nitrogens with one attached hydrogen (secondary N) is 1. The zero-order valence-corrected chi connectivity index (χ0v) is 7.65. The van der Waals surface area contributed by atoms with Crippen molar-refractivity contribution in [2.24, 2.45) is 4.99 Å². The van der Waals surface area contributed by atoms with Crippen LogP contribution >= 0.6 is 0 Å². The third-order valence-corrected chi connectivity index (χ3v) is 1.48. The highest BCUT2D eigenvalue weighted by Crippen LogP contribution is 2.06. The molecule has 0 saturated carbocycles. The Bertz CT molecular complexity index is 361. The predicted molar refractivity (Wildman–Crippen MR) is 50.0 cm³/mol. The van der Waals surface area contributed by atoms with Gasteiger partial charge in [0, 0.05) is 6.20 Å². The Labute approximate surface area is 81.4 Å². The van der Waals surface area contributed by atoms with E-state index >= 15 is 0 Å². The van der Waals surface area contributed by atoms with Crippen molar-refractivity contribution in [1.82, 2.24) is 5.32 Å². The number of hydrogen-bond acceptors (Lipinski definition) is 5. The van der Waals surface area contributed by atoms with Crippen molar-refractivity contribution in [3.63, 3.8) is 0 Å². The monoisotopic (exact) mass is 191 g/mol. The van der Waals surface area contributed by atoms with Gasteiger partial charge in [-0.15, -0.1) is 0 Å². The number of hydrogen-bond donors (Lipinski definition) is 1. The molecule has 1 heterocycles. The van der Waals surface area contributed by atoms with Crippen LogP contribution < -0.4 is 5.32 Å². The summed E-state index contributed by atoms with van der Waals surface area (Å²) in [5.41, 5.74) is 0.357. The average molecular weight is 191 g/mol. The maximum Gasteiger partial charge on any atom is 0.351 e. The van der Waals surface area contributed by atoms with Crippen LogP contribution in [0.2, 0.25) is 0 Å². The smallest absolute Gasteiger partial charge is 0.351 e. The molecule has 0 amide bonds. The summed E-state index contributed by atoms with van der Waals surface area (Å²) in [6, 6.07) is 1.79. The Hall–Kier alpha value is -2.09. The fourth-order valence-electron chi connectivity index (χ4n) is 0.890. The lowest BCUT2D eigenvalue weighted by Crippen LogP contribution is -2.18. The highest BCUT2D eigenvalue weighted by atomic mass is 16.5. The maximum absolute atomic E-state index is 11.3. The second kappa shape index (κ2) is 4.82. The van der Waals surface area contributed by atoms with Gasteiger partial charge in [-0.2, -0.15) is 5.26 Å². The molecular weight excluding hydrogens is 182 g/mol. The minimum absolute atomic E-state index is 0.0470. The van der Waals surface area contributed by atoms with Crippen LogP contribution in [0.4, 0.5) is 0 Å². The molecule has 72 valence electrons. The summed E-state index contributed by atoms with van der Waals surface area (Å²) in [5.74, 6) is -0.627. The van der Waals surface area contributed by atoms with Crippen molar-refractivity contribution < 1.29 is 9.53 Å². The van der Waals surface area contributed by atoms with Gasteiger partial charge in [0.1, 0.15) is 6.07 Å². The molecule has 0 unspecified atom stereocenters. The third kappa shape index (κ3) is 2.20. The number of carbonyl (C=O) groups excluding carboxylic acids is 1. The Morgan fingerprint density at radius 3 is 3.07 bits per heavy atom. The van der Waals surface area contributed by atoms with E-state index in [1.807, 2.05) is 0 Å². The van der Waals surface area contributed by atoms with Gasteiger partial charge in [-0.3, -0.25) is 0 Å². The average Bonchev–Trinajstić information content (AvgIpc) is 2.21. The minimum atomic E-state index is -0.627. The fraction of sp³-hybridized carbons (Fsp3) is 0.222. The summed E-state index contributed by atoms with van der Waals surface area (Å²) in [5, 5.41) is 11.4.